The van der Waals surface area contributed by atoms with Crippen molar-refractivity contribution in [1.82, 2.24) is 29.6 Å². The summed E-state index contributed by atoms with van der Waals surface area (Å²) in [4.78, 5) is 36.3. The molecule has 0 spiro atoms. The molecule has 0 aliphatic heterocycles. The molecule has 228 valence electrons. The highest BCUT2D eigenvalue weighted by molar-refractivity contribution is 9.10. The van der Waals surface area contributed by atoms with Crippen LogP contribution in [0.2, 0.25) is 5.02 Å². The van der Waals surface area contributed by atoms with Crippen molar-refractivity contribution in [3.8, 4) is 29.1 Å². The number of anilines is 1. The molecule has 0 saturated heterocycles. The fourth-order valence-corrected chi connectivity index (χ4v) is 4.08. The van der Waals surface area contributed by atoms with E-state index in [1.807, 2.05) is 13.6 Å². The molecule has 0 atom stereocenters. The van der Waals surface area contributed by atoms with E-state index in [0.717, 1.165) is 6.33 Å². The van der Waals surface area contributed by atoms with Gasteiger partial charge in [-0.05, 0) is 40.2 Å². The van der Waals surface area contributed by atoms with Gasteiger partial charge in [-0.15, -0.1) is 0 Å². The van der Waals surface area contributed by atoms with E-state index in [0.29, 0.717) is 15.9 Å². The van der Waals surface area contributed by atoms with E-state index >= 15 is 0 Å². The Morgan fingerprint density at radius 2 is 1.67 bits per heavy atom. The SMILES string of the molecule is C=O.C=O.COc1ccc(Cl)c(Oc2c(NS(=O)(=O)NCc3ccccn3)ncnc2OCCOc2ncc(Br)cn2)c1. The van der Waals surface area contributed by atoms with Crippen LogP contribution in [0.3, 0.4) is 0 Å². The van der Waals surface area contributed by atoms with Crippen LogP contribution in [0.5, 0.6) is 29.1 Å². The van der Waals surface area contributed by atoms with Crippen LogP contribution >= 0.6 is 27.5 Å². The number of aromatic nitrogens is 5. The summed E-state index contributed by atoms with van der Waals surface area (Å²) in [5, 5.41) is 0.225. The quantitative estimate of drug-likeness (QED) is 0.193. The Morgan fingerprint density at radius 1 is 0.953 bits per heavy atom. The fraction of sp³-hybridized carbons (Fsp3) is 0.160. The van der Waals surface area contributed by atoms with Crippen LogP contribution in [0.4, 0.5) is 5.82 Å². The first-order chi connectivity index (χ1) is 20.8. The molecule has 2 N–H and O–H groups in total. The summed E-state index contributed by atoms with van der Waals surface area (Å²) < 4.78 is 53.4. The standard InChI is InChI=1S/C23H21BrClN7O6S.2CH2O/c1-35-17-5-6-18(25)19(10-17)38-20-21(32-39(33,34)31-13-16-4-2-3-7-26-16)29-14-30-22(20)36-8-9-37-23-27-11-15(24)12-28-23;2*1-2/h2-7,10-12,14,31H,8-9,13H2,1H3,(H,29,30,32);2*1H2. The van der Waals surface area contributed by atoms with Gasteiger partial charge in [0.25, 0.3) is 5.88 Å². The maximum Gasteiger partial charge on any atom is 0.316 e. The number of hydrogen-bond donors (Lipinski definition) is 2. The van der Waals surface area contributed by atoms with Gasteiger partial charge in [0, 0.05) is 24.7 Å². The Bertz CT molecular complexity index is 1540. The number of carbonyl (C=O) groups is 2. The molecule has 3 heterocycles. The largest absolute Gasteiger partial charge is 0.497 e. The molecule has 18 heteroatoms. The molecule has 1 aromatic carbocycles. The molecule has 0 unspecified atom stereocenters. The second-order valence-corrected chi connectivity index (χ2v) is 10.2. The highest BCUT2D eigenvalue weighted by Gasteiger charge is 2.22. The molecule has 4 rings (SSSR count). The summed E-state index contributed by atoms with van der Waals surface area (Å²) in [6.45, 7) is 3.98. The highest BCUT2D eigenvalue weighted by atomic mass is 79.9. The topological polar surface area (TPSA) is 194 Å². The van der Waals surface area contributed by atoms with Gasteiger partial charge in [-0.25, -0.2) is 15.0 Å². The maximum absolute atomic E-state index is 12.8. The lowest BCUT2D eigenvalue weighted by Gasteiger charge is -2.16. The first-order valence-electron chi connectivity index (χ1n) is 11.7. The minimum Gasteiger partial charge on any atom is -0.497 e. The van der Waals surface area contributed by atoms with Crippen LogP contribution in [0, 0.1) is 0 Å². The molecule has 15 nitrogen and oxygen atoms in total. The van der Waals surface area contributed by atoms with Gasteiger partial charge in [0.1, 0.15) is 44.6 Å². The molecule has 3 aromatic heterocycles. The monoisotopic (exact) mass is 697 g/mol. The van der Waals surface area contributed by atoms with Crippen LogP contribution in [0.1, 0.15) is 5.69 Å². The Morgan fingerprint density at radius 3 is 2.35 bits per heavy atom. The number of ether oxygens (including phenoxy) is 4. The predicted molar refractivity (Wildman–Crippen MR) is 159 cm³/mol. The average molecular weight is 699 g/mol. The van der Waals surface area contributed by atoms with Crippen LogP contribution in [-0.2, 0) is 26.3 Å². The zero-order valence-electron chi connectivity index (χ0n) is 22.5. The zero-order valence-corrected chi connectivity index (χ0v) is 25.6. The van der Waals surface area contributed by atoms with Gasteiger partial charge >= 0.3 is 16.2 Å². The van der Waals surface area contributed by atoms with Gasteiger partial charge in [0.2, 0.25) is 5.75 Å². The number of hydrogen-bond acceptors (Lipinski definition) is 13. The van der Waals surface area contributed by atoms with E-state index in [1.54, 1.807) is 36.5 Å². The summed E-state index contributed by atoms with van der Waals surface area (Å²) in [5.74, 6) is 0.180. The first-order valence-corrected chi connectivity index (χ1v) is 14.3. The minimum atomic E-state index is -4.12. The van der Waals surface area contributed by atoms with Crippen molar-refractivity contribution in [3.63, 3.8) is 0 Å². The van der Waals surface area contributed by atoms with Gasteiger partial charge in [-0.2, -0.15) is 18.1 Å². The molecule has 0 saturated carbocycles. The number of nitrogens with zero attached hydrogens (tertiary/aromatic N) is 5. The summed E-state index contributed by atoms with van der Waals surface area (Å²) in [6.07, 6.45) is 5.75. The van der Waals surface area contributed by atoms with Crippen molar-refractivity contribution in [3.05, 3.63) is 76.5 Å². The van der Waals surface area contributed by atoms with Crippen molar-refractivity contribution in [2.45, 2.75) is 6.54 Å². The Balaban J connectivity index is 0.00000155. The Kier molecular flexibility index (Phi) is 14.7. The Hall–Kier alpha value is -4.45. The second-order valence-electron chi connectivity index (χ2n) is 7.38. The number of pyridine rings is 1. The molecule has 0 radical (unpaired) electrons. The molecule has 0 aliphatic carbocycles. The lowest BCUT2D eigenvalue weighted by Crippen LogP contribution is -2.30. The third-order valence-corrected chi connectivity index (χ3v) is 6.38. The van der Waals surface area contributed by atoms with Crippen LogP contribution in [-0.4, -0.2) is 67.2 Å². The van der Waals surface area contributed by atoms with Crippen LogP contribution in [0.15, 0.2) is 65.8 Å². The number of nitrogens with one attached hydrogen (secondary N) is 2. The highest BCUT2D eigenvalue weighted by Crippen LogP contribution is 2.40. The van der Waals surface area contributed by atoms with Crippen molar-refractivity contribution in [1.29, 1.82) is 0 Å². The number of carbonyl (C=O) groups excluding carboxylic acids is 2. The lowest BCUT2D eigenvalue weighted by atomic mass is 10.3. The third kappa shape index (κ3) is 11.4. The summed E-state index contributed by atoms with van der Waals surface area (Å²) >= 11 is 9.56. The third-order valence-electron chi connectivity index (χ3n) is 4.67. The van der Waals surface area contributed by atoms with Gasteiger partial charge in [-0.3, -0.25) is 9.71 Å². The van der Waals surface area contributed by atoms with E-state index in [2.05, 4.69) is 50.3 Å². The zero-order chi connectivity index (χ0) is 31.7. The Labute approximate surface area is 260 Å². The summed E-state index contributed by atoms with van der Waals surface area (Å²) in [7, 11) is -2.64. The van der Waals surface area contributed by atoms with Crippen LogP contribution < -0.4 is 28.4 Å². The number of halogens is 2. The molecular formula is C25H25BrClN7O8S. The lowest BCUT2D eigenvalue weighted by molar-refractivity contribution is -0.0987. The predicted octanol–water partition coefficient (Wildman–Crippen LogP) is 3.41. The van der Waals surface area contributed by atoms with Gasteiger partial charge in [0.15, 0.2) is 5.82 Å². The van der Waals surface area contributed by atoms with Gasteiger partial charge < -0.3 is 28.5 Å². The minimum absolute atomic E-state index is 0.0112. The molecule has 0 aliphatic rings. The van der Waals surface area contributed by atoms with E-state index in [1.165, 1.54) is 25.6 Å². The molecule has 0 bridgehead atoms. The van der Waals surface area contributed by atoms with Gasteiger partial charge in [-0.1, -0.05) is 17.7 Å². The average Bonchev–Trinajstić information content (AvgIpc) is 3.04. The van der Waals surface area contributed by atoms with Crippen molar-refractivity contribution < 1.29 is 37.0 Å². The van der Waals surface area contributed by atoms with Crippen molar-refractivity contribution in [2.24, 2.45) is 0 Å². The van der Waals surface area contributed by atoms with E-state index in [-0.39, 0.29) is 54.0 Å². The van der Waals surface area contributed by atoms with Crippen molar-refractivity contribution >= 4 is 57.1 Å². The number of methoxy groups -OCH3 is 1. The molecule has 0 fully saturated rings. The van der Waals surface area contributed by atoms with E-state index in [4.69, 9.17) is 40.1 Å². The molecule has 43 heavy (non-hydrogen) atoms. The van der Waals surface area contributed by atoms with E-state index < -0.39 is 10.2 Å². The fourth-order valence-electron chi connectivity index (χ4n) is 2.91. The maximum atomic E-state index is 12.8. The molecule has 0 amide bonds. The number of benzene rings is 1. The van der Waals surface area contributed by atoms with Crippen LogP contribution in [0.25, 0.3) is 0 Å². The van der Waals surface area contributed by atoms with Gasteiger partial charge in [0.05, 0.1) is 28.8 Å². The summed E-state index contributed by atoms with van der Waals surface area (Å²) in [6, 6.07) is 10.0. The summed E-state index contributed by atoms with van der Waals surface area (Å²) in [5.41, 5.74) is 0.518. The molecular weight excluding hydrogens is 674 g/mol. The number of rotatable bonds is 13. The second kappa shape index (κ2) is 18.2. The smallest absolute Gasteiger partial charge is 0.316 e. The van der Waals surface area contributed by atoms with E-state index in [9.17, 15) is 8.42 Å². The first kappa shape index (κ1) is 34.7. The molecule has 4 aromatic rings. The van der Waals surface area contributed by atoms with Crippen molar-refractivity contribution in [2.75, 3.05) is 25.0 Å². The normalized spacial score (nSPS) is 10.2.